The number of nitrogens with one attached hydrogen (secondary N) is 2. The predicted molar refractivity (Wildman–Crippen MR) is 108 cm³/mol. The van der Waals surface area contributed by atoms with Crippen LogP contribution in [0.2, 0.25) is 0 Å². The average molecular weight is 383 g/mol. The summed E-state index contributed by atoms with van der Waals surface area (Å²) in [6.07, 6.45) is 8.95. The maximum Gasteiger partial charge on any atom is 0.255 e. The molecule has 1 aliphatic carbocycles. The molecule has 1 spiro atoms. The van der Waals surface area contributed by atoms with Crippen LogP contribution >= 0.6 is 0 Å². The van der Waals surface area contributed by atoms with E-state index in [0.29, 0.717) is 30.6 Å². The van der Waals surface area contributed by atoms with E-state index in [4.69, 9.17) is 0 Å². The first-order valence-corrected chi connectivity index (χ1v) is 10.9. The Morgan fingerprint density at radius 1 is 0.964 bits per heavy atom. The number of piperidine rings is 1. The Morgan fingerprint density at radius 3 is 2.43 bits per heavy atom. The number of likely N-dealkylation sites (tertiary alicyclic amines) is 2. The Morgan fingerprint density at radius 2 is 1.71 bits per heavy atom. The molecule has 2 N–H and O–H groups in total. The van der Waals surface area contributed by atoms with Crippen LogP contribution in [0.5, 0.6) is 0 Å². The number of para-hydroxylation sites is 1. The molecule has 2 saturated heterocycles. The molecule has 1 aromatic rings. The summed E-state index contributed by atoms with van der Waals surface area (Å²) in [4.78, 5) is 30.1. The van der Waals surface area contributed by atoms with Crippen molar-refractivity contribution in [3.05, 3.63) is 29.8 Å². The lowest BCUT2D eigenvalue weighted by Gasteiger charge is -2.50. The Hall–Kier alpha value is -2.08. The summed E-state index contributed by atoms with van der Waals surface area (Å²) >= 11 is 0. The third kappa shape index (κ3) is 3.08. The van der Waals surface area contributed by atoms with E-state index in [0.717, 1.165) is 31.5 Å². The maximum atomic E-state index is 13.1. The number of benzene rings is 1. The van der Waals surface area contributed by atoms with Crippen molar-refractivity contribution in [3.63, 3.8) is 0 Å². The van der Waals surface area contributed by atoms with Crippen LogP contribution < -0.4 is 10.6 Å². The SMILES string of the molecule is O=C1NC2(CCN(C(=O)C3CCN3C3CCCCC3)CC2)Nc2ccccc21. The van der Waals surface area contributed by atoms with Gasteiger partial charge in [0.05, 0.1) is 11.6 Å². The third-order valence-corrected chi connectivity index (χ3v) is 7.22. The van der Waals surface area contributed by atoms with Crippen molar-refractivity contribution in [2.45, 2.75) is 69.1 Å². The van der Waals surface area contributed by atoms with Crippen molar-refractivity contribution in [3.8, 4) is 0 Å². The van der Waals surface area contributed by atoms with E-state index in [1.165, 1.54) is 32.1 Å². The lowest BCUT2D eigenvalue weighted by atomic mass is 9.88. The average Bonchev–Trinajstić information content (AvgIpc) is 2.68. The molecule has 28 heavy (non-hydrogen) atoms. The molecule has 3 aliphatic heterocycles. The van der Waals surface area contributed by atoms with Crippen LogP contribution in [0, 0.1) is 0 Å². The number of hydrogen-bond donors (Lipinski definition) is 2. The number of carbonyl (C=O) groups excluding carboxylic acids is 2. The van der Waals surface area contributed by atoms with E-state index in [1.54, 1.807) is 0 Å². The molecule has 1 aromatic carbocycles. The number of fused-ring (bicyclic) bond motifs is 1. The van der Waals surface area contributed by atoms with E-state index >= 15 is 0 Å². The Balaban J connectivity index is 1.22. The normalized spacial score (nSPS) is 27.5. The summed E-state index contributed by atoms with van der Waals surface area (Å²) in [5, 5.41) is 6.71. The van der Waals surface area contributed by atoms with Crippen LogP contribution in [0.15, 0.2) is 24.3 Å². The fourth-order valence-electron chi connectivity index (χ4n) is 5.46. The molecule has 6 heteroatoms. The molecule has 4 aliphatic rings. The first kappa shape index (κ1) is 18.0. The van der Waals surface area contributed by atoms with E-state index in [1.807, 2.05) is 29.2 Å². The van der Waals surface area contributed by atoms with Gasteiger partial charge in [-0.1, -0.05) is 31.4 Å². The second kappa shape index (κ2) is 7.07. The monoisotopic (exact) mass is 382 g/mol. The van der Waals surface area contributed by atoms with Gasteiger partial charge >= 0.3 is 0 Å². The molecule has 0 bridgehead atoms. The van der Waals surface area contributed by atoms with E-state index in [-0.39, 0.29) is 11.9 Å². The zero-order valence-electron chi connectivity index (χ0n) is 16.5. The van der Waals surface area contributed by atoms with Crippen molar-refractivity contribution in [1.29, 1.82) is 0 Å². The molecular weight excluding hydrogens is 352 g/mol. The molecule has 5 rings (SSSR count). The third-order valence-electron chi connectivity index (χ3n) is 7.22. The zero-order chi connectivity index (χ0) is 19.1. The van der Waals surface area contributed by atoms with Gasteiger partial charge in [-0.15, -0.1) is 0 Å². The molecule has 0 aromatic heterocycles. The predicted octanol–water partition coefficient (Wildman–Crippen LogP) is 2.57. The van der Waals surface area contributed by atoms with Crippen molar-refractivity contribution >= 4 is 17.5 Å². The van der Waals surface area contributed by atoms with Gasteiger partial charge in [-0.05, 0) is 31.4 Å². The maximum absolute atomic E-state index is 13.1. The summed E-state index contributed by atoms with van der Waals surface area (Å²) in [7, 11) is 0. The van der Waals surface area contributed by atoms with Crippen molar-refractivity contribution in [2.24, 2.45) is 0 Å². The van der Waals surface area contributed by atoms with Crippen molar-refractivity contribution in [1.82, 2.24) is 15.1 Å². The second-order valence-corrected chi connectivity index (χ2v) is 8.87. The molecule has 3 fully saturated rings. The van der Waals surface area contributed by atoms with Crippen LogP contribution in [0.25, 0.3) is 0 Å². The molecule has 1 saturated carbocycles. The molecule has 2 amide bonds. The highest BCUT2D eigenvalue weighted by Crippen LogP contribution is 2.34. The van der Waals surface area contributed by atoms with E-state index < -0.39 is 5.66 Å². The molecule has 3 heterocycles. The Labute approximate surface area is 166 Å². The molecule has 0 radical (unpaired) electrons. The highest BCUT2D eigenvalue weighted by molar-refractivity contribution is 6.02. The number of nitrogens with zero attached hydrogens (tertiary/aromatic N) is 2. The van der Waals surface area contributed by atoms with E-state index in [2.05, 4.69) is 15.5 Å². The first-order chi connectivity index (χ1) is 13.7. The largest absolute Gasteiger partial charge is 0.362 e. The van der Waals surface area contributed by atoms with E-state index in [9.17, 15) is 9.59 Å². The van der Waals surface area contributed by atoms with Gasteiger partial charge in [0.1, 0.15) is 5.66 Å². The van der Waals surface area contributed by atoms with Gasteiger partial charge in [0, 0.05) is 44.2 Å². The smallest absolute Gasteiger partial charge is 0.255 e. The number of rotatable bonds is 2. The lowest BCUT2D eigenvalue weighted by Crippen LogP contribution is -2.65. The quantitative estimate of drug-likeness (QED) is 0.825. The summed E-state index contributed by atoms with van der Waals surface area (Å²) in [5.41, 5.74) is 1.17. The molecule has 1 atom stereocenters. The van der Waals surface area contributed by atoms with Gasteiger partial charge in [-0.25, -0.2) is 0 Å². The zero-order valence-corrected chi connectivity index (χ0v) is 16.5. The van der Waals surface area contributed by atoms with Crippen LogP contribution in [0.3, 0.4) is 0 Å². The summed E-state index contributed by atoms with van der Waals surface area (Å²) in [5.74, 6) is 0.283. The minimum atomic E-state index is -0.426. The van der Waals surface area contributed by atoms with Crippen LogP contribution in [0.1, 0.15) is 61.7 Å². The number of anilines is 1. The number of hydrogen-bond acceptors (Lipinski definition) is 4. The van der Waals surface area contributed by atoms with Gasteiger partial charge in [0.15, 0.2) is 0 Å². The van der Waals surface area contributed by atoms with Gasteiger partial charge < -0.3 is 15.5 Å². The van der Waals surface area contributed by atoms with Gasteiger partial charge in [0.2, 0.25) is 5.91 Å². The van der Waals surface area contributed by atoms with Crippen molar-refractivity contribution in [2.75, 3.05) is 25.0 Å². The Bertz CT molecular complexity index is 766. The molecular formula is C22H30N4O2. The molecule has 1 unspecified atom stereocenters. The first-order valence-electron chi connectivity index (χ1n) is 10.9. The summed E-state index contributed by atoms with van der Waals surface area (Å²) in [6, 6.07) is 8.35. The van der Waals surface area contributed by atoms with Crippen LogP contribution in [-0.2, 0) is 4.79 Å². The topological polar surface area (TPSA) is 64.7 Å². The minimum absolute atomic E-state index is 0.0170. The van der Waals surface area contributed by atoms with Crippen LogP contribution in [-0.4, -0.2) is 59.0 Å². The molecule has 150 valence electrons. The van der Waals surface area contributed by atoms with Crippen LogP contribution in [0.4, 0.5) is 5.69 Å². The van der Waals surface area contributed by atoms with Gasteiger partial charge in [-0.3, -0.25) is 14.5 Å². The minimum Gasteiger partial charge on any atom is -0.362 e. The fraction of sp³-hybridized carbons (Fsp3) is 0.636. The second-order valence-electron chi connectivity index (χ2n) is 8.87. The summed E-state index contributed by atoms with van der Waals surface area (Å²) < 4.78 is 0. The standard InChI is InChI=1S/C22H30N4O2/c27-20-17-8-4-5-9-18(17)23-22(24-20)11-14-25(15-12-22)21(28)19-10-13-26(19)16-6-2-1-3-7-16/h4-5,8-9,16,19,23H,1-3,6-7,10-15H2,(H,24,27). The summed E-state index contributed by atoms with van der Waals surface area (Å²) in [6.45, 7) is 2.47. The highest BCUT2D eigenvalue weighted by atomic mass is 16.2. The number of carbonyl (C=O) groups is 2. The van der Waals surface area contributed by atoms with Gasteiger partial charge in [0.25, 0.3) is 5.91 Å². The Kier molecular flexibility index (Phi) is 4.54. The fourth-order valence-corrected chi connectivity index (χ4v) is 5.46. The lowest BCUT2D eigenvalue weighted by molar-refractivity contribution is -0.145. The van der Waals surface area contributed by atoms with Crippen molar-refractivity contribution < 1.29 is 9.59 Å². The number of amides is 2. The van der Waals surface area contributed by atoms with Gasteiger partial charge in [-0.2, -0.15) is 0 Å². The molecule has 6 nitrogen and oxygen atoms in total. The highest BCUT2D eigenvalue weighted by Gasteiger charge is 2.45.